The first kappa shape index (κ1) is 11.1. The van der Waals surface area contributed by atoms with Crippen molar-refractivity contribution in [1.82, 2.24) is 4.98 Å². The smallest absolute Gasteiger partial charge is 0.311 e. The predicted molar refractivity (Wildman–Crippen MR) is 53.9 cm³/mol. The van der Waals surface area contributed by atoms with Crippen LogP contribution in [0.4, 0.5) is 0 Å². The molecule has 0 amide bonds. The quantitative estimate of drug-likeness (QED) is 0.817. The second kappa shape index (κ2) is 3.89. The lowest BCUT2D eigenvalue weighted by Crippen LogP contribution is -2.04. The monoisotopic (exact) mass is 245 g/mol. The fourth-order valence-corrected chi connectivity index (χ4v) is 3.46. The second-order valence-corrected chi connectivity index (χ2v) is 6.06. The van der Waals surface area contributed by atoms with Gasteiger partial charge in [0.2, 0.25) is 0 Å². The molecular weight excluding hydrogens is 234 g/mol. The number of rotatable bonds is 3. The zero-order valence-corrected chi connectivity index (χ0v) is 9.24. The highest BCUT2D eigenvalue weighted by molar-refractivity contribution is 7.91. The molecule has 2 heterocycles. The summed E-state index contributed by atoms with van der Waals surface area (Å²) in [6, 6.07) is 0. The molecule has 0 saturated carbocycles. The van der Waals surface area contributed by atoms with Crippen LogP contribution < -0.4 is 0 Å². The zero-order chi connectivity index (χ0) is 11.8. The third-order valence-electron chi connectivity index (χ3n) is 2.48. The van der Waals surface area contributed by atoms with Crippen molar-refractivity contribution in [3.8, 4) is 0 Å². The van der Waals surface area contributed by atoms with Gasteiger partial charge < -0.3 is 9.52 Å². The van der Waals surface area contributed by atoms with Gasteiger partial charge in [0.25, 0.3) is 0 Å². The molecule has 0 spiro atoms. The topological polar surface area (TPSA) is 97.5 Å². The van der Waals surface area contributed by atoms with Crippen molar-refractivity contribution in [2.75, 3.05) is 11.5 Å². The fraction of sp³-hybridized carbons (Fsp3) is 0.556. The molecule has 6 nitrogen and oxygen atoms in total. The van der Waals surface area contributed by atoms with Crippen LogP contribution in [0.1, 0.15) is 24.0 Å². The zero-order valence-electron chi connectivity index (χ0n) is 8.42. The number of aromatic nitrogens is 1. The van der Waals surface area contributed by atoms with Crippen molar-refractivity contribution in [3.05, 3.63) is 17.8 Å². The van der Waals surface area contributed by atoms with E-state index < -0.39 is 15.8 Å². The van der Waals surface area contributed by atoms with E-state index in [9.17, 15) is 13.2 Å². The van der Waals surface area contributed by atoms with Crippen LogP contribution in [0.25, 0.3) is 0 Å². The van der Waals surface area contributed by atoms with E-state index in [4.69, 9.17) is 9.52 Å². The molecule has 0 bridgehead atoms. The van der Waals surface area contributed by atoms with E-state index in [0.717, 1.165) is 0 Å². The molecule has 1 saturated heterocycles. The average Bonchev–Trinajstić information content (AvgIpc) is 2.71. The Morgan fingerprint density at radius 3 is 2.94 bits per heavy atom. The fourth-order valence-electron chi connectivity index (χ4n) is 1.73. The van der Waals surface area contributed by atoms with E-state index in [0.29, 0.717) is 12.3 Å². The summed E-state index contributed by atoms with van der Waals surface area (Å²) in [6.45, 7) is 0. The van der Waals surface area contributed by atoms with E-state index >= 15 is 0 Å². The highest BCUT2D eigenvalue weighted by atomic mass is 32.2. The first-order valence-electron chi connectivity index (χ1n) is 4.83. The van der Waals surface area contributed by atoms with E-state index in [1.165, 1.54) is 6.20 Å². The van der Waals surface area contributed by atoms with Gasteiger partial charge in [-0.3, -0.25) is 4.79 Å². The molecule has 1 aromatic rings. The molecule has 1 atom stereocenters. The lowest BCUT2D eigenvalue weighted by Gasteiger charge is -2.00. The standard InChI is InChI=1S/C9H11NO5S/c11-8(12)3-7-4-10-9(15-7)6-1-2-16(13,14)5-6/h4,6H,1-3,5H2,(H,11,12). The molecule has 16 heavy (non-hydrogen) atoms. The molecule has 1 unspecified atom stereocenters. The minimum Gasteiger partial charge on any atom is -0.481 e. The molecule has 0 aliphatic carbocycles. The largest absolute Gasteiger partial charge is 0.481 e. The summed E-state index contributed by atoms with van der Waals surface area (Å²) in [5, 5.41) is 8.54. The number of sulfone groups is 1. The van der Waals surface area contributed by atoms with Crippen LogP contribution in [0.3, 0.4) is 0 Å². The predicted octanol–water partition coefficient (Wildman–Crippen LogP) is 0.204. The molecule has 1 fully saturated rings. The lowest BCUT2D eigenvalue weighted by atomic mass is 10.1. The maximum absolute atomic E-state index is 11.2. The van der Waals surface area contributed by atoms with Gasteiger partial charge in [-0.2, -0.15) is 0 Å². The summed E-state index contributed by atoms with van der Waals surface area (Å²) in [7, 11) is -2.97. The van der Waals surface area contributed by atoms with Crippen molar-refractivity contribution >= 4 is 15.8 Å². The summed E-state index contributed by atoms with van der Waals surface area (Å²) in [5.74, 6) is -0.452. The number of oxazole rings is 1. The Morgan fingerprint density at radius 1 is 1.62 bits per heavy atom. The Morgan fingerprint density at radius 2 is 2.38 bits per heavy atom. The molecule has 1 aliphatic rings. The van der Waals surface area contributed by atoms with Gasteiger partial charge in [-0.1, -0.05) is 0 Å². The van der Waals surface area contributed by atoms with Crippen LogP contribution in [-0.2, 0) is 21.1 Å². The van der Waals surface area contributed by atoms with Crippen molar-refractivity contribution in [2.24, 2.45) is 0 Å². The molecule has 1 aromatic heterocycles. The maximum Gasteiger partial charge on any atom is 0.311 e. The summed E-state index contributed by atoms with van der Waals surface area (Å²) in [4.78, 5) is 14.3. The number of carboxylic acids is 1. The lowest BCUT2D eigenvalue weighted by molar-refractivity contribution is -0.136. The van der Waals surface area contributed by atoms with Gasteiger partial charge in [-0.15, -0.1) is 0 Å². The van der Waals surface area contributed by atoms with Crippen LogP contribution in [0.5, 0.6) is 0 Å². The van der Waals surface area contributed by atoms with E-state index in [-0.39, 0.29) is 29.6 Å². The highest BCUT2D eigenvalue weighted by Gasteiger charge is 2.32. The van der Waals surface area contributed by atoms with Crippen molar-refractivity contribution in [1.29, 1.82) is 0 Å². The Hall–Kier alpha value is -1.37. The summed E-state index contributed by atoms with van der Waals surface area (Å²) in [5.41, 5.74) is 0. The van der Waals surface area contributed by atoms with Gasteiger partial charge in [-0.25, -0.2) is 13.4 Å². The summed E-state index contributed by atoms with van der Waals surface area (Å²) < 4.78 is 27.7. The Labute approximate surface area is 92.2 Å². The Bertz CT molecular complexity index is 504. The van der Waals surface area contributed by atoms with Crippen molar-refractivity contribution in [2.45, 2.75) is 18.8 Å². The summed E-state index contributed by atoms with van der Waals surface area (Å²) >= 11 is 0. The SMILES string of the molecule is O=C(O)Cc1cnc(C2CCS(=O)(=O)C2)o1. The third-order valence-corrected chi connectivity index (χ3v) is 4.25. The number of nitrogens with zero attached hydrogens (tertiary/aromatic N) is 1. The molecular formula is C9H11NO5S. The molecule has 0 aromatic carbocycles. The normalized spacial score (nSPS) is 23.4. The first-order chi connectivity index (χ1) is 7.46. The molecule has 88 valence electrons. The van der Waals surface area contributed by atoms with Crippen LogP contribution in [0, 0.1) is 0 Å². The Balaban J connectivity index is 2.11. The average molecular weight is 245 g/mol. The van der Waals surface area contributed by atoms with Crippen LogP contribution in [0.2, 0.25) is 0 Å². The maximum atomic E-state index is 11.2. The van der Waals surface area contributed by atoms with E-state index in [1.807, 2.05) is 0 Å². The number of carbonyl (C=O) groups is 1. The van der Waals surface area contributed by atoms with Gasteiger partial charge in [0.15, 0.2) is 15.7 Å². The molecule has 7 heteroatoms. The van der Waals surface area contributed by atoms with Gasteiger partial charge in [0.1, 0.15) is 12.2 Å². The van der Waals surface area contributed by atoms with Crippen molar-refractivity contribution in [3.63, 3.8) is 0 Å². The van der Waals surface area contributed by atoms with Crippen molar-refractivity contribution < 1.29 is 22.7 Å². The summed E-state index contributed by atoms with van der Waals surface area (Å²) in [6.07, 6.45) is 1.61. The van der Waals surface area contributed by atoms with Gasteiger partial charge in [0, 0.05) is 0 Å². The minimum atomic E-state index is -2.97. The molecule has 1 aliphatic heterocycles. The number of hydrogen-bond donors (Lipinski definition) is 1. The van der Waals surface area contributed by atoms with E-state index in [2.05, 4.69) is 4.98 Å². The van der Waals surface area contributed by atoms with Gasteiger partial charge >= 0.3 is 5.97 Å². The number of hydrogen-bond acceptors (Lipinski definition) is 5. The van der Waals surface area contributed by atoms with Gasteiger partial charge in [0.05, 0.1) is 23.6 Å². The molecule has 2 rings (SSSR count). The number of aliphatic carboxylic acids is 1. The van der Waals surface area contributed by atoms with Crippen LogP contribution in [0.15, 0.2) is 10.6 Å². The molecule has 0 radical (unpaired) electrons. The highest BCUT2D eigenvalue weighted by Crippen LogP contribution is 2.28. The second-order valence-electron chi connectivity index (χ2n) is 3.84. The molecule has 1 N–H and O–H groups in total. The third kappa shape index (κ3) is 2.41. The Kier molecular flexibility index (Phi) is 2.71. The van der Waals surface area contributed by atoms with Crippen LogP contribution >= 0.6 is 0 Å². The van der Waals surface area contributed by atoms with Crippen LogP contribution in [-0.4, -0.2) is 36.0 Å². The minimum absolute atomic E-state index is 0.0417. The van der Waals surface area contributed by atoms with Gasteiger partial charge in [-0.05, 0) is 6.42 Å². The first-order valence-corrected chi connectivity index (χ1v) is 6.65. The number of carboxylic acid groups (broad SMARTS) is 1. The van der Waals surface area contributed by atoms with E-state index in [1.54, 1.807) is 0 Å².